The van der Waals surface area contributed by atoms with E-state index in [4.69, 9.17) is 11.6 Å². The van der Waals surface area contributed by atoms with Gasteiger partial charge in [-0.3, -0.25) is 9.59 Å². The summed E-state index contributed by atoms with van der Waals surface area (Å²) in [5.74, 6) is -0.583. The number of imide groups is 1. The molecule has 0 spiro atoms. The number of hydrogen-bond acceptors (Lipinski definition) is 5. The van der Waals surface area contributed by atoms with Crippen molar-refractivity contribution in [2.45, 2.75) is 18.9 Å². The van der Waals surface area contributed by atoms with Crippen molar-refractivity contribution >= 4 is 40.4 Å². The molecule has 0 unspecified atom stereocenters. The molecule has 0 aliphatic carbocycles. The van der Waals surface area contributed by atoms with Gasteiger partial charge >= 0.3 is 0 Å². The highest BCUT2D eigenvalue weighted by molar-refractivity contribution is 6.45. The Balaban J connectivity index is 1.78. The summed E-state index contributed by atoms with van der Waals surface area (Å²) in [6, 6.07) is 14.8. The van der Waals surface area contributed by atoms with Crippen LogP contribution in [-0.4, -0.2) is 68.9 Å². The van der Waals surface area contributed by atoms with Gasteiger partial charge in [-0.1, -0.05) is 29.8 Å². The summed E-state index contributed by atoms with van der Waals surface area (Å²) in [6.07, 6.45) is 1.89. The Labute approximate surface area is 194 Å². The van der Waals surface area contributed by atoms with Crippen LogP contribution in [0.15, 0.2) is 54.2 Å². The molecule has 2 aromatic rings. The van der Waals surface area contributed by atoms with Gasteiger partial charge in [-0.15, -0.1) is 0 Å². The SMILES string of the molecule is CN1CCC(N(C)C2=C(c3ccc(Cl)cc3)C(=O)N(c3cccc(N(C)C)c3)C2=O)CC1. The Morgan fingerprint density at radius 2 is 1.59 bits per heavy atom. The minimum absolute atomic E-state index is 0.202. The molecule has 0 radical (unpaired) electrons. The third-order valence-electron chi connectivity index (χ3n) is 6.39. The van der Waals surface area contributed by atoms with Crippen LogP contribution in [0.2, 0.25) is 5.02 Å². The van der Waals surface area contributed by atoms with Crippen LogP contribution in [0.5, 0.6) is 0 Å². The molecule has 0 bridgehead atoms. The third kappa shape index (κ3) is 4.12. The van der Waals surface area contributed by atoms with Crippen molar-refractivity contribution in [3.63, 3.8) is 0 Å². The van der Waals surface area contributed by atoms with Crippen molar-refractivity contribution in [1.29, 1.82) is 0 Å². The Morgan fingerprint density at radius 1 is 0.938 bits per heavy atom. The van der Waals surface area contributed by atoms with E-state index in [-0.39, 0.29) is 17.9 Å². The van der Waals surface area contributed by atoms with Gasteiger partial charge in [-0.05, 0) is 68.9 Å². The van der Waals surface area contributed by atoms with Crippen molar-refractivity contribution < 1.29 is 9.59 Å². The second-order valence-electron chi connectivity index (χ2n) is 8.74. The largest absolute Gasteiger partial charge is 0.378 e. The average Bonchev–Trinajstić information content (AvgIpc) is 3.04. The number of nitrogens with zero attached hydrogens (tertiary/aromatic N) is 4. The van der Waals surface area contributed by atoms with Gasteiger partial charge in [0.15, 0.2) is 0 Å². The lowest BCUT2D eigenvalue weighted by Gasteiger charge is -2.36. The number of hydrogen-bond donors (Lipinski definition) is 0. The number of amides is 2. The van der Waals surface area contributed by atoms with Crippen LogP contribution in [-0.2, 0) is 9.59 Å². The molecule has 0 atom stereocenters. The van der Waals surface area contributed by atoms with E-state index in [2.05, 4.69) is 11.9 Å². The number of anilines is 2. The van der Waals surface area contributed by atoms with Gasteiger partial charge in [0.05, 0.1) is 11.3 Å². The standard InChI is InChI=1S/C25H29ClN4O2/c1-27(2)20-6-5-7-21(16-20)30-24(31)22(17-8-10-18(26)11-9-17)23(25(30)32)29(4)19-12-14-28(3)15-13-19/h5-11,16,19H,12-15H2,1-4H3. The number of benzene rings is 2. The third-order valence-corrected chi connectivity index (χ3v) is 6.64. The van der Waals surface area contributed by atoms with Crippen molar-refractivity contribution in [3.05, 3.63) is 64.8 Å². The fourth-order valence-electron chi connectivity index (χ4n) is 4.43. The second-order valence-corrected chi connectivity index (χ2v) is 9.17. The fraction of sp³-hybridized carbons (Fsp3) is 0.360. The summed E-state index contributed by atoms with van der Waals surface area (Å²) >= 11 is 6.09. The minimum Gasteiger partial charge on any atom is -0.378 e. The normalized spacial score (nSPS) is 18.0. The molecule has 2 aromatic carbocycles. The second kappa shape index (κ2) is 8.96. The van der Waals surface area contributed by atoms with Crippen LogP contribution in [0, 0.1) is 0 Å². The first kappa shape index (κ1) is 22.4. The van der Waals surface area contributed by atoms with Crippen LogP contribution in [0.1, 0.15) is 18.4 Å². The lowest BCUT2D eigenvalue weighted by atomic mass is 10.0. The van der Waals surface area contributed by atoms with E-state index in [0.717, 1.165) is 31.6 Å². The highest BCUT2D eigenvalue weighted by Gasteiger charge is 2.43. The number of carbonyl (C=O) groups is 2. The number of carbonyl (C=O) groups excluding carboxylic acids is 2. The van der Waals surface area contributed by atoms with E-state index in [1.807, 2.05) is 61.3 Å². The first-order valence-electron chi connectivity index (χ1n) is 10.9. The fourth-order valence-corrected chi connectivity index (χ4v) is 4.56. The van der Waals surface area contributed by atoms with Crippen LogP contribution in [0.4, 0.5) is 11.4 Å². The average molecular weight is 453 g/mol. The molecule has 1 saturated heterocycles. The molecule has 1 fully saturated rings. The first-order chi connectivity index (χ1) is 15.3. The maximum Gasteiger partial charge on any atom is 0.282 e. The van der Waals surface area contributed by atoms with E-state index in [9.17, 15) is 9.59 Å². The molecule has 2 heterocycles. The van der Waals surface area contributed by atoms with Gasteiger partial charge in [0.2, 0.25) is 0 Å². The molecule has 2 aliphatic rings. The maximum atomic E-state index is 13.8. The van der Waals surface area contributed by atoms with Gasteiger partial charge in [0, 0.05) is 37.9 Å². The van der Waals surface area contributed by atoms with Crippen molar-refractivity contribution in [2.75, 3.05) is 51.1 Å². The Bertz CT molecular complexity index is 1060. The summed E-state index contributed by atoms with van der Waals surface area (Å²) in [4.78, 5) is 35.0. The first-order valence-corrected chi connectivity index (χ1v) is 11.2. The van der Waals surface area contributed by atoms with E-state index in [1.54, 1.807) is 18.2 Å². The van der Waals surface area contributed by atoms with Crippen molar-refractivity contribution in [2.24, 2.45) is 0 Å². The van der Waals surface area contributed by atoms with Gasteiger partial charge in [0.1, 0.15) is 5.70 Å². The smallest absolute Gasteiger partial charge is 0.282 e. The van der Waals surface area contributed by atoms with Crippen LogP contribution in [0.25, 0.3) is 5.57 Å². The minimum atomic E-state index is -0.303. The quantitative estimate of drug-likeness (QED) is 0.647. The predicted molar refractivity (Wildman–Crippen MR) is 130 cm³/mol. The topological polar surface area (TPSA) is 47.1 Å². The Hall–Kier alpha value is -2.83. The zero-order chi connectivity index (χ0) is 23.0. The molecular weight excluding hydrogens is 424 g/mol. The van der Waals surface area contributed by atoms with Crippen LogP contribution >= 0.6 is 11.6 Å². The predicted octanol–water partition coefficient (Wildman–Crippen LogP) is 3.72. The molecule has 7 heteroatoms. The van der Waals surface area contributed by atoms with Gasteiger partial charge in [0.25, 0.3) is 11.8 Å². The van der Waals surface area contributed by atoms with E-state index in [1.165, 1.54) is 4.90 Å². The Morgan fingerprint density at radius 3 is 2.22 bits per heavy atom. The molecule has 4 rings (SSSR count). The lowest BCUT2D eigenvalue weighted by Crippen LogP contribution is -2.43. The number of likely N-dealkylation sites (tertiary alicyclic amines) is 1. The zero-order valence-electron chi connectivity index (χ0n) is 19.0. The summed E-state index contributed by atoms with van der Waals surface area (Å²) in [5.41, 5.74) is 3.09. The highest BCUT2D eigenvalue weighted by atomic mass is 35.5. The van der Waals surface area contributed by atoms with E-state index < -0.39 is 0 Å². The van der Waals surface area contributed by atoms with Crippen LogP contribution < -0.4 is 9.80 Å². The summed E-state index contributed by atoms with van der Waals surface area (Å²) in [7, 11) is 7.91. The molecule has 0 N–H and O–H groups in total. The maximum absolute atomic E-state index is 13.8. The molecule has 2 aliphatic heterocycles. The van der Waals surface area contributed by atoms with Crippen molar-refractivity contribution in [1.82, 2.24) is 9.80 Å². The summed E-state index contributed by atoms with van der Waals surface area (Å²) < 4.78 is 0. The molecular formula is C25H29ClN4O2. The number of rotatable bonds is 5. The number of piperidine rings is 1. The zero-order valence-corrected chi connectivity index (χ0v) is 19.8. The lowest BCUT2D eigenvalue weighted by molar-refractivity contribution is -0.120. The van der Waals surface area contributed by atoms with Gasteiger partial charge in [-0.2, -0.15) is 0 Å². The number of likely N-dealkylation sites (N-methyl/N-ethyl adjacent to an activating group) is 1. The molecule has 32 heavy (non-hydrogen) atoms. The molecule has 0 saturated carbocycles. The summed E-state index contributed by atoms with van der Waals surface area (Å²) in [5, 5.41) is 0.590. The summed E-state index contributed by atoms with van der Waals surface area (Å²) in [6.45, 7) is 1.94. The molecule has 2 amide bonds. The van der Waals surface area contributed by atoms with E-state index in [0.29, 0.717) is 27.5 Å². The highest BCUT2D eigenvalue weighted by Crippen LogP contribution is 2.37. The Kier molecular flexibility index (Phi) is 6.26. The molecule has 0 aromatic heterocycles. The van der Waals surface area contributed by atoms with Gasteiger partial charge in [-0.25, -0.2) is 4.90 Å². The molecule has 6 nitrogen and oxygen atoms in total. The molecule has 168 valence electrons. The van der Waals surface area contributed by atoms with Gasteiger partial charge < -0.3 is 14.7 Å². The monoisotopic (exact) mass is 452 g/mol. The van der Waals surface area contributed by atoms with E-state index >= 15 is 0 Å². The number of halogens is 1. The van der Waals surface area contributed by atoms with Crippen LogP contribution in [0.3, 0.4) is 0 Å². The van der Waals surface area contributed by atoms with Crippen molar-refractivity contribution in [3.8, 4) is 0 Å².